The third kappa shape index (κ3) is 5.59. The van der Waals surface area contributed by atoms with Crippen molar-refractivity contribution in [3.63, 3.8) is 0 Å². The van der Waals surface area contributed by atoms with Crippen molar-refractivity contribution in [3.8, 4) is 0 Å². The Morgan fingerprint density at radius 3 is 2.67 bits per heavy atom. The van der Waals surface area contributed by atoms with Gasteiger partial charge in [-0.15, -0.1) is 5.10 Å². The maximum Gasteiger partial charge on any atom is 0.219 e. The summed E-state index contributed by atoms with van der Waals surface area (Å²) in [6.45, 7) is 2.87. The number of nitrogens with one attached hydrogen (secondary N) is 1. The maximum atomic E-state index is 15.9. The molecule has 1 N–H and O–H groups in total. The molecule has 1 unspecified atom stereocenters. The number of aryl methyl sites for hydroxylation is 1. The lowest BCUT2D eigenvalue weighted by Gasteiger charge is -2.25. The molecule has 0 radical (unpaired) electrons. The predicted octanol–water partition coefficient (Wildman–Crippen LogP) is 3.63. The normalized spacial score (nSPS) is 19.8. The standard InChI is InChI=1S/C20H33FN4O2/c1-3-4-10-15-25-16-11-6-5-9-14-20(21,19(16)23-24-25)17(26)12-7-8-13-18(27)22-2/h3-15H2,1-2H3,(H,22,27). The third-order valence-corrected chi connectivity index (χ3v) is 5.40. The summed E-state index contributed by atoms with van der Waals surface area (Å²) in [5, 5.41) is 10.9. The number of hydrogen-bond donors (Lipinski definition) is 1. The van der Waals surface area contributed by atoms with Crippen LogP contribution in [0.4, 0.5) is 4.39 Å². The van der Waals surface area contributed by atoms with Gasteiger partial charge in [0.05, 0.1) is 5.69 Å². The number of fused-ring (bicyclic) bond motifs is 1. The molecule has 1 amide bonds. The fourth-order valence-corrected chi connectivity index (χ4v) is 3.70. The fraction of sp³-hybridized carbons (Fsp3) is 0.800. The van der Waals surface area contributed by atoms with Gasteiger partial charge in [0.25, 0.3) is 0 Å². The summed E-state index contributed by atoms with van der Waals surface area (Å²) in [5.41, 5.74) is -0.992. The highest BCUT2D eigenvalue weighted by Gasteiger charge is 2.44. The molecule has 0 fully saturated rings. The van der Waals surface area contributed by atoms with Crippen molar-refractivity contribution in [2.24, 2.45) is 0 Å². The van der Waals surface area contributed by atoms with Gasteiger partial charge in [-0.3, -0.25) is 9.59 Å². The van der Waals surface area contributed by atoms with Crippen molar-refractivity contribution in [1.29, 1.82) is 0 Å². The van der Waals surface area contributed by atoms with Gasteiger partial charge in [0.15, 0.2) is 5.78 Å². The second-order valence-electron chi connectivity index (χ2n) is 7.48. The van der Waals surface area contributed by atoms with E-state index in [4.69, 9.17) is 0 Å². The van der Waals surface area contributed by atoms with Crippen LogP contribution < -0.4 is 5.32 Å². The van der Waals surface area contributed by atoms with E-state index < -0.39 is 11.5 Å². The van der Waals surface area contributed by atoms with Crippen LogP contribution >= 0.6 is 0 Å². The van der Waals surface area contributed by atoms with Gasteiger partial charge in [0.2, 0.25) is 11.6 Å². The Bertz CT molecular complexity index is 631. The lowest BCUT2D eigenvalue weighted by Crippen LogP contribution is -2.34. The molecule has 0 bridgehead atoms. The Labute approximate surface area is 161 Å². The van der Waals surface area contributed by atoms with Gasteiger partial charge in [-0.2, -0.15) is 0 Å². The molecule has 1 aliphatic rings. The van der Waals surface area contributed by atoms with Crippen molar-refractivity contribution >= 4 is 11.7 Å². The Kier molecular flexibility index (Phi) is 8.38. The Hall–Kier alpha value is -1.79. The number of Topliss-reactive ketones (excluding diaryl/α,β-unsaturated/α-hetero) is 1. The average Bonchev–Trinajstić information content (AvgIpc) is 3.05. The molecule has 0 aliphatic heterocycles. The van der Waals surface area contributed by atoms with E-state index in [1.807, 2.05) is 4.68 Å². The number of unbranched alkanes of at least 4 members (excludes halogenated alkanes) is 3. The zero-order chi connectivity index (χ0) is 19.7. The van der Waals surface area contributed by atoms with Crippen LogP contribution in [0, 0.1) is 0 Å². The minimum Gasteiger partial charge on any atom is -0.359 e. The molecular formula is C20H33FN4O2. The maximum absolute atomic E-state index is 15.9. The number of alkyl halides is 1. The first-order chi connectivity index (χ1) is 13.0. The topological polar surface area (TPSA) is 76.9 Å². The molecule has 1 atom stereocenters. The second kappa shape index (κ2) is 10.5. The predicted molar refractivity (Wildman–Crippen MR) is 102 cm³/mol. The molecule has 7 heteroatoms. The fourth-order valence-electron chi connectivity index (χ4n) is 3.70. The Balaban J connectivity index is 2.10. The van der Waals surface area contributed by atoms with Crippen molar-refractivity contribution in [1.82, 2.24) is 20.3 Å². The minimum absolute atomic E-state index is 0.0549. The van der Waals surface area contributed by atoms with Crippen LogP contribution in [0.1, 0.15) is 88.9 Å². The average molecular weight is 381 g/mol. The summed E-state index contributed by atoms with van der Waals surface area (Å²) in [6, 6.07) is 0. The van der Waals surface area contributed by atoms with Crippen molar-refractivity contribution in [3.05, 3.63) is 11.4 Å². The summed E-state index contributed by atoms with van der Waals surface area (Å²) in [5.74, 6) is -0.469. The first kappa shape index (κ1) is 21.5. The number of amides is 1. The minimum atomic E-state index is -2.04. The van der Waals surface area contributed by atoms with E-state index in [0.29, 0.717) is 25.7 Å². The Morgan fingerprint density at radius 2 is 1.93 bits per heavy atom. The molecule has 152 valence electrons. The zero-order valence-corrected chi connectivity index (χ0v) is 16.7. The van der Waals surface area contributed by atoms with Gasteiger partial charge in [0.1, 0.15) is 5.69 Å². The van der Waals surface area contributed by atoms with Crippen molar-refractivity contribution in [2.45, 2.75) is 96.2 Å². The number of carbonyl (C=O) groups excluding carboxylic acids is 2. The van der Waals surface area contributed by atoms with E-state index in [1.54, 1.807) is 7.05 Å². The molecule has 27 heavy (non-hydrogen) atoms. The van der Waals surface area contributed by atoms with Gasteiger partial charge in [0, 0.05) is 26.4 Å². The summed E-state index contributed by atoms with van der Waals surface area (Å²) < 4.78 is 17.7. The number of ketones is 1. The lowest BCUT2D eigenvalue weighted by molar-refractivity contribution is -0.132. The number of hydrogen-bond acceptors (Lipinski definition) is 4. The summed E-state index contributed by atoms with van der Waals surface area (Å²) in [7, 11) is 1.59. The highest BCUT2D eigenvalue weighted by Crippen LogP contribution is 2.37. The van der Waals surface area contributed by atoms with Gasteiger partial charge in [-0.1, -0.05) is 31.4 Å². The quantitative estimate of drug-likeness (QED) is 0.629. The van der Waals surface area contributed by atoms with E-state index in [2.05, 4.69) is 22.6 Å². The summed E-state index contributed by atoms with van der Waals surface area (Å²) in [6.07, 6.45) is 8.26. The zero-order valence-electron chi connectivity index (χ0n) is 16.7. The van der Waals surface area contributed by atoms with Gasteiger partial charge in [-0.25, -0.2) is 9.07 Å². The molecule has 0 saturated heterocycles. The molecular weight excluding hydrogens is 347 g/mol. The molecule has 0 saturated carbocycles. The van der Waals surface area contributed by atoms with Gasteiger partial charge >= 0.3 is 0 Å². The van der Waals surface area contributed by atoms with Crippen LogP contribution in [-0.2, 0) is 28.2 Å². The molecule has 2 rings (SSSR count). The van der Waals surface area contributed by atoms with Crippen LogP contribution in [0.15, 0.2) is 0 Å². The van der Waals surface area contributed by atoms with Crippen molar-refractivity contribution < 1.29 is 14.0 Å². The monoisotopic (exact) mass is 380 g/mol. The van der Waals surface area contributed by atoms with Crippen LogP contribution in [0.5, 0.6) is 0 Å². The molecule has 1 heterocycles. The van der Waals surface area contributed by atoms with E-state index in [9.17, 15) is 9.59 Å². The molecule has 0 aromatic carbocycles. The van der Waals surface area contributed by atoms with Crippen LogP contribution in [-0.4, -0.2) is 33.7 Å². The highest BCUT2D eigenvalue weighted by atomic mass is 19.1. The first-order valence-corrected chi connectivity index (χ1v) is 10.4. The summed E-state index contributed by atoms with van der Waals surface area (Å²) in [4.78, 5) is 24.1. The largest absolute Gasteiger partial charge is 0.359 e. The van der Waals surface area contributed by atoms with E-state index in [-0.39, 0.29) is 24.4 Å². The molecule has 0 spiro atoms. The first-order valence-electron chi connectivity index (χ1n) is 10.4. The van der Waals surface area contributed by atoms with E-state index in [0.717, 1.165) is 50.8 Å². The lowest BCUT2D eigenvalue weighted by atomic mass is 9.84. The smallest absolute Gasteiger partial charge is 0.219 e. The van der Waals surface area contributed by atoms with Gasteiger partial charge < -0.3 is 5.32 Å². The Morgan fingerprint density at radius 1 is 1.15 bits per heavy atom. The number of halogens is 1. The molecule has 1 aliphatic carbocycles. The highest BCUT2D eigenvalue weighted by molar-refractivity contribution is 5.88. The number of rotatable bonds is 10. The number of carbonyl (C=O) groups is 2. The van der Waals surface area contributed by atoms with Crippen LogP contribution in [0.3, 0.4) is 0 Å². The molecule has 1 aromatic rings. The van der Waals surface area contributed by atoms with E-state index in [1.165, 1.54) is 0 Å². The number of nitrogens with zero attached hydrogens (tertiary/aromatic N) is 3. The summed E-state index contributed by atoms with van der Waals surface area (Å²) >= 11 is 0. The molecule has 1 aromatic heterocycles. The SMILES string of the molecule is CCCCCn1nnc2c1CCCCCC2(F)C(=O)CCCCC(=O)NC. The van der Waals surface area contributed by atoms with Crippen LogP contribution in [0.2, 0.25) is 0 Å². The van der Waals surface area contributed by atoms with Gasteiger partial charge in [-0.05, 0) is 44.9 Å². The van der Waals surface area contributed by atoms with E-state index >= 15 is 4.39 Å². The van der Waals surface area contributed by atoms with Crippen LogP contribution in [0.25, 0.3) is 0 Å². The van der Waals surface area contributed by atoms with Crippen molar-refractivity contribution in [2.75, 3.05) is 7.05 Å². The molecule has 6 nitrogen and oxygen atoms in total. The second-order valence-corrected chi connectivity index (χ2v) is 7.48. The third-order valence-electron chi connectivity index (χ3n) is 5.40. The number of aromatic nitrogens is 3.